The standard InChI is InChI=1S/C13H14N2O3/c1-8-4-5-11(17-3)10(6-8)14-13(16)12-9(2)7-18-15-12/h4-7H,1-3H3,(H,14,16). The highest BCUT2D eigenvalue weighted by molar-refractivity contribution is 6.04. The molecule has 1 heterocycles. The number of hydrogen-bond donors (Lipinski definition) is 1. The fraction of sp³-hybridized carbons (Fsp3) is 0.231. The van der Waals surface area contributed by atoms with Crippen LogP contribution in [0, 0.1) is 13.8 Å². The predicted octanol–water partition coefficient (Wildman–Crippen LogP) is 2.55. The summed E-state index contributed by atoms with van der Waals surface area (Å²) in [6.07, 6.45) is 1.43. The third-order valence-electron chi connectivity index (χ3n) is 2.57. The van der Waals surface area contributed by atoms with Crippen LogP contribution in [0.4, 0.5) is 5.69 Å². The summed E-state index contributed by atoms with van der Waals surface area (Å²) in [5.74, 6) is 0.292. The van der Waals surface area contributed by atoms with Gasteiger partial charge in [0, 0.05) is 5.56 Å². The molecule has 0 unspecified atom stereocenters. The van der Waals surface area contributed by atoms with E-state index in [1.165, 1.54) is 6.26 Å². The molecule has 0 atom stereocenters. The summed E-state index contributed by atoms with van der Waals surface area (Å²) in [7, 11) is 1.56. The summed E-state index contributed by atoms with van der Waals surface area (Å²) in [6, 6.07) is 5.56. The first-order valence-corrected chi connectivity index (χ1v) is 5.49. The van der Waals surface area contributed by atoms with E-state index < -0.39 is 0 Å². The number of aryl methyl sites for hydroxylation is 2. The van der Waals surface area contributed by atoms with Gasteiger partial charge in [0.1, 0.15) is 12.0 Å². The van der Waals surface area contributed by atoms with Crippen molar-refractivity contribution in [3.63, 3.8) is 0 Å². The topological polar surface area (TPSA) is 64.4 Å². The SMILES string of the molecule is COc1ccc(C)cc1NC(=O)c1nocc1C. The van der Waals surface area contributed by atoms with E-state index >= 15 is 0 Å². The Labute approximate surface area is 105 Å². The Kier molecular flexibility index (Phi) is 3.32. The van der Waals surface area contributed by atoms with Gasteiger partial charge in [0.15, 0.2) is 5.69 Å². The molecular formula is C13H14N2O3. The Bertz CT molecular complexity index is 575. The Morgan fingerprint density at radius 2 is 2.17 bits per heavy atom. The second-order valence-electron chi connectivity index (χ2n) is 4.00. The molecule has 1 amide bonds. The van der Waals surface area contributed by atoms with Crippen molar-refractivity contribution in [2.24, 2.45) is 0 Å². The van der Waals surface area contributed by atoms with Crippen LogP contribution in [0.3, 0.4) is 0 Å². The first kappa shape index (κ1) is 12.2. The van der Waals surface area contributed by atoms with Gasteiger partial charge in [-0.25, -0.2) is 0 Å². The molecule has 0 radical (unpaired) electrons. The lowest BCUT2D eigenvalue weighted by Gasteiger charge is -2.10. The number of amides is 1. The molecule has 94 valence electrons. The quantitative estimate of drug-likeness (QED) is 0.903. The normalized spacial score (nSPS) is 10.2. The van der Waals surface area contributed by atoms with Crippen molar-refractivity contribution < 1.29 is 14.1 Å². The van der Waals surface area contributed by atoms with Gasteiger partial charge in [0.2, 0.25) is 0 Å². The molecule has 0 bridgehead atoms. The number of nitrogens with zero attached hydrogens (tertiary/aromatic N) is 1. The summed E-state index contributed by atoms with van der Waals surface area (Å²) >= 11 is 0. The zero-order chi connectivity index (χ0) is 13.1. The van der Waals surface area contributed by atoms with E-state index in [0.29, 0.717) is 17.0 Å². The first-order chi connectivity index (χ1) is 8.61. The van der Waals surface area contributed by atoms with Crippen LogP contribution in [0.15, 0.2) is 29.0 Å². The minimum Gasteiger partial charge on any atom is -0.495 e. The molecule has 0 saturated heterocycles. The van der Waals surface area contributed by atoms with Crippen molar-refractivity contribution in [3.05, 3.63) is 41.3 Å². The Morgan fingerprint density at radius 3 is 2.78 bits per heavy atom. The van der Waals surface area contributed by atoms with Gasteiger partial charge >= 0.3 is 0 Å². The predicted molar refractivity (Wildman–Crippen MR) is 66.9 cm³/mol. The fourth-order valence-electron chi connectivity index (χ4n) is 1.61. The Morgan fingerprint density at radius 1 is 1.39 bits per heavy atom. The lowest BCUT2D eigenvalue weighted by atomic mass is 10.2. The van der Waals surface area contributed by atoms with E-state index in [2.05, 4.69) is 10.5 Å². The maximum absolute atomic E-state index is 12.0. The molecule has 18 heavy (non-hydrogen) atoms. The maximum atomic E-state index is 12.0. The molecule has 0 fully saturated rings. The number of ether oxygens (including phenoxy) is 1. The monoisotopic (exact) mass is 246 g/mol. The summed E-state index contributed by atoms with van der Waals surface area (Å²) < 4.78 is 9.93. The summed E-state index contributed by atoms with van der Waals surface area (Å²) in [5.41, 5.74) is 2.62. The number of nitrogens with one attached hydrogen (secondary N) is 1. The van der Waals surface area contributed by atoms with Crippen LogP contribution in [0.1, 0.15) is 21.6 Å². The Balaban J connectivity index is 2.27. The van der Waals surface area contributed by atoms with Gasteiger partial charge in [-0.3, -0.25) is 4.79 Å². The molecule has 5 heteroatoms. The van der Waals surface area contributed by atoms with Gasteiger partial charge in [0.25, 0.3) is 5.91 Å². The number of aromatic nitrogens is 1. The molecule has 0 spiro atoms. The number of benzene rings is 1. The van der Waals surface area contributed by atoms with Gasteiger partial charge in [-0.15, -0.1) is 0 Å². The highest BCUT2D eigenvalue weighted by Crippen LogP contribution is 2.25. The van der Waals surface area contributed by atoms with Gasteiger partial charge in [-0.2, -0.15) is 0 Å². The van der Waals surface area contributed by atoms with Gasteiger partial charge < -0.3 is 14.6 Å². The third-order valence-corrected chi connectivity index (χ3v) is 2.57. The highest BCUT2D eigenvalue weighted by atomic mass is 16.5. The number of hydrogen-bond acceptors (Lipinski definition) is 4. The lowest BCUT2D eigenvalue weighted by molar-refractivity contribution is 0.101. The number of carbonyl (C=O) groups excluding carboxylic acids is 1. The number of carbonyl (C=O) groups is 1. The Hall–Kier alpha value is -2.30. The van der Waals surface area contributed by atoms with E-state index in [-0.39, 0.29) is 11.6 Å². The van der Waals surface area contributed by atoms with Crippen LogP contribution in [0.2, 0.25) is 0 Å². The minimum absolute atomic E-state index is 0.276. The average Bonchev–Trinajstić information content (AvgIpc) is 2.76. The average molecular weight is 246 g/mol. The lowest BCUT2D eigenvalue weighted by Crippen LogP contribution is -2.14. The van der Waals surface area contributed by atoms with Crippen LogP contribution >= 0.6 is 0 Å². The minimum atomic E-state index is -0.315. The second kappa shape index (κ2) is 4.91. The largest absolute Gasteiger partial charge is 0.495 e. The maximum Gasteiger partial charge on any atom is 0.278 e. The van der Waals surface area contributed by atoms with E-state index in [4.69, 9.17) is 9.26 Å². The number of anilines is 1. The molecule has 0 saturated carbocycles. The summed E-state index contributed by atoms with van der Waals surface area (Å²) in [4.78, 5) is 12.0. The molecule has 1 N–H and O–H groups in total. The van der Waals surface area contributed by atoms with Gasteiger partial charge in [-0.1, -0.05) is 11.2 Å². The molecule has 0 aliphatic heterocycles. The first-order valence-electron chi connectivity index (χ1n) is 5.49. The molecule has 2 rings (SSSR count). The van der Waals surface area contributed by atoms with E-state index in [1.54, 1.807) is 20.1 Å². The zero-order valence-electron chi connectivity index (χ0n) is 10.5. The molecule has 1 aromatic heterocycles. The molecule has 1 aromatic carbocycles. The summed E-state index contributed by atoms with van der Waals surface area (Å²) in [6.45, 7) is 3.70. The second-order valence-corrected chi connectivity index (χ2v) is 4.00. The van der Waals surface area contributed by atoms with Crippen LogP contribution in [-0.2, 0) is 0 Å². The summed E-state index contributed by atoms with van der Waals surface area (Å²) in [5, 5.41) is 6.42. The molecule has 0 aliphatic carbocycles. The molecule has 0 aliphatic rings. The van der Waals surface area contributed by atoms with Crippen molar-refractivity contribution >= 4 is 11.6 Å². The fourth-order valence-corrected chi connectivity index (χ4v) is 1.61. The molecule has 5 nitrogen and oxygen atoms in total. The van der Waals surface area contributed by atoms with Gasteiger partial charge in [0.05, 0.1) is 12.8 Å². The van der Waals surface area contributed by atoms with Crippen molar-refractivity contribution in [1.82, 2.24) is 5.16 Å². The van der Waals surface area contributed by atoms with Crippen molar-refractivity contribution in [3.8, 4) is 5.75 Å². The molecular weight excluding hydrogens is 232 g/mol. The van der Waals surface area contributed by atoms with Crippen molar-refractivity contribution in [1.29, 1.82) is 0 Å². The van der Waals surface area contributed by atoms with Crippen LogP contribution in [-0.4, -0.2) is 18.2 Å². The van der Waals surface area contributed by atoms with Crippen molar-refractivity contribution in [2.75, 3.05) is 12.4 Å². The number of rotatable bonds is 3. The van der Waals surface area contributed by atoms with Gasteiger partial charge in [-0.05, 0) is 31.5 Å². The third kappa shape index (κ3) is 2.34. The van der Waals surface area contributed by atoms with E-state index in [0.717, 1.165) is 5.56 Å². The van der Waals surface area contributed by atoms with Crippen LogP contribution in [0.25, 0.3) is 0 Å². The van der Waals surface area contributed by atoms with E-state index in [9.17, 15) is 4.79 Å². The van der Waals surface area contributed by atoms with Crippen LogP contribution < -0.4 is 10.1 Å². The number of methoxy groups -OCH3 is 1. The smallest absolute Gasteiger partial charge is 0.278 e. The van der Waals surface area contributed by atoms with E-state index in [1.807, 2.05) is 19.1 Å². The molecule has 2 aromatic rings. The zero-order valence-corrected chi connectivity index (χ0v) is 10.5. The van der Waals surface area contributed by atoms with Crippen molar-refractivity contribution in [2.45, 2.75) is 13.8 Å². The van der Waals surface area contributed by atoms with Crippen LogP contribution in [0.5, 0.6) is 5.75 Å². The highest BCUT2D eigenvalue weighted by Gasteiger charge is 2.15.